The summed E-state index contributed by atoms with van der Waals surface area (Å²) in [6.45, 7) is 14.2. The smallest absolute Gasteiger partial charge is 0.411 e. The fourth-order valence-electron chi connectivity index (χ4n) is 5.28. The second-order valence-electron chi connectivity index (χ2n) is 15.1. The van der Waals surface area contributed by atoms with Crippen LogP contribution < -0.4 is 5.32 Å². The second-order valence-corrected chi connectivity index (χ2v) is 15.1. The number of nitrogens with zero attached hydrogens (tertiary/aromatic N) is 2. The monoisotopic (exact) mass is 757 g/mol. The van der Waals surface area contributed by atoms with Crippen LogP contribution in [0.5, 0.6) is 0 Å². The number of hydrogen-bond acceptors (Lipinski definition) is 11. The van der Waals surface area contributed by atoms with Crippen LogP contribution in [-0.4, -0.2) is 102 Å². The first-order chi connectivity index (χ1) is 25.2. The van der Waals surface area contributed by atoms with E-state index < -0.39 is 66.2 Å². The normalized spacial score (nSPS) is 14.3. The van der Waals surface area contributed by atoms with Gasteiger partial charge in [-0.15, -0.1) is 0 Å². The number of carbonyl (C=O) groups excluding carboxylic acids is 5. The zero-order valence-corrected chi connectivity index (χ0v) is 33.5. The molecule has 0 aromatic heterocycles. The lowest BCUT2D eigenvalue weighted by Gasteiger charge is -2.34. The summed E-state index contributed by atoms with van der Waals surface area (Å²) in [4.78, 5) is 69.1. The summed E-state index contributed by atoms with van der Waals surface area (Å²) in [7, 11) is 4.10. The number of benzene rings is 2. The van der Waals surface area contributed by atoms with Crippen LogP contribution >= 0.6 is 0 Å². The largest absolute Gasteiger partial charge is 0.456 e. The highest BCUT2D eigenvalue weighted by Gasteiger charge is 2.39. The Morgan fingerprint density at radius 2 is 1.30 bits per heavy atom. The zero-order valence-electron chi connectivity index (χ0n) is 33.5. The molecule has 54 heavy (non-hydrogen) atoms. The molecule has 1 unspecified atom stereocenters. The maximum absolute atomic E-state index is 14.4. The van der Waals surface area contributed by atoms with Gasteiger partial charge in [-0.25, -0.2) is 19.2 Å². The zero-order chi connectivity index (χ0) is 40.7. The standard InChI is InChI=1S/C40H59N3O11/c1-25(2)21-31(36(46)52-27(5)35(45)51-24-29-15-13-12-14-16-29)42(9)34(44)33(23-28-17-19-30(20-18-28)41-38(48)50-11)53-37(47)32(22-26(3)4)43(10)39(49)54-40(6,7)8/h12-20,25-27,31-33,35,45H,21-24H2,1-11H3,(H,41,48)/t27?,31-,32-,33+,35+/m0/s1. The summed E-state index contributed by atoms with van der Waals surface area (Å²) in [5, 5.41) is 13.2. The van der Waals surface area contributed by atoms with E-state index in [1.807, 2.05) is 58.0 Å². The predicted octanol–water partition coefficient (Wildman–Crippen LogP) is 5.94. The van der Waals surface area contributed by atoms with Crippen molar-refractivity contribution in [1.82, 2.24) is 9.80 Å². The Bertz CT molecular complexity index is 1510. The molecule has 2 aromatic carbocycles. The molecule has 0 spiro atoms. The van der Waals surface area contributed by atoms with Crippen LogP contribution in [0.2, 0.25) is 0 Å². The molecule has 5 atom stereocenters. The lowest BCUT2D eigenvalue weighted by Crippen LogP contribution is -2.52. The van der Waals surface area contributed by atoms with Crippen molar-refractivity contribution in [3.63, 3.8) is 0 Å². The lowest BCUT2D eigenvalue weighted by molar-refractivity contribution is -0.195. The van der Waals surface area contributed by atoms with Crippen molar-refractivity contribution in [2.24, 2.45) is 11.8 Å². The minimum atomic E-state index is -1.44. The number of aliphatic hydroxyl groups excluding tert-OH is 1. The van der Waals surface area contributed by atoms with Crippen LogP contribution in [-0.2, 0) is 51.1 Å². The van der Waals surface area contributed by atoms with Gasteiger partial charge in [-0.1, -0.05) is 70.2 Å². The Morgan fingerprint density at radius 3 is 1.81 bits per heavy atom. The number of methoxy groups -OCH3 is 1. The maximum Gasteiger partial charge on any atom is 0.411 e. The van der Waals surface area contributed by atoms with E-state index >= 15 is 0 Å². The summed E-state index contributed by atoms with van der Waals surface area (Å²) in [6.07, 6.45) is -5.06. The van der Waals surface area contributed by atoms with Gasteiger partial charge in [-0.3, -0.25) is 15.0 Å². The van der Waals surface area contributed by atoms with Gasteiger partial charge in [0.05, 0.1) is 13.7 Å². The number of amides is 3. The molecule has 0 saturated carbocycles. The average molecular weight is 758 g/mol. The quantitative estimate of drug-likeness (QED) is 0.105. The van der Waals surface area contributed by atoms with Gasteiger partial charge in [0, 0.05) is 26.2 Å². The maximum atomic E-state index is 14.4. The van der Waals surface area contributed by atoms with Gasteiger partial charge in [0.15, 0.2) is 12.4 Å². The molecule has 14 heteroatoms. The molecule has 14 nitrogen and oxygen atoms in total. The van der Waals surface area contributed by atoms with Gasteiger partial charge in [-0.2, -0.15) is 0 Å². The predicted molar refractivity (Wildman–Crippen MR) is 202 cm³/mol. The molecule has 2 aromatic rings. The summed E-state index contributed by atoms with van der Waals surface area (Å²) in [6, 6.07) is 13.5. The third-order valence-corrected chi connectivity index (χ3v) is 8.21. The molecule has 2 rings (SSSR count). The van der Waals surface area contributed by atoms with Crippen LogP contribution in [0.25, 0.3) is 0 Å². The Labute approximate surface area is 319 Å². The highest BCUT2D eigenvalue weighted by molar-refractivity contribution is 5.90. The van der Waals surface area contributed by atoms with Gasteiger partial charge in [-0.05, 0) is 75.6 Å². The number of carbonyl (C=O) groups is 5. The molecule has 0 radical (unpaired) electrons. The average Bonchev–Trinajstić information content (AvgIpc) is 3.10. The summed E-state index contributed by atoms with van der Waals surface area (Å²) < 4.78 is 27.3. The first kappa shape index (κ1) is 45.5. The number of hydrogen-bond donors (Lipinski definition) is 2. The molecular formula is C40H59N3O11. The number of aliphatic hydroxyl groups is 1. The third-order valence-electron chi connectivity index (χ3n) is 8.21. The van der Waals surface area contributed by atoms with Crippen LogP contribution in [0.3, 0.4) is 0 Å². The number of rotatable bonds is 18. The van der Waals surface area contributed by atoms with Crippen LogP contribution in [0.4, 0.5) is 15.3 Å². The van der Waals surface area contributed by atoms with E-state index in [4.69, 9.17) is 18.9 Å². The fourth-order valence-corrected chi connectivity index (χ4v) is 5.28. The minimum Gasteiger partial charge on any atom is -0.456 e. The van der Waals surface area contributed by atoms with E-state index in [0.717, 1.165) is 10.5 Å². The number of nitrogens with one attached hydrogen (secondary N) is 1. The Morgan fingerprint density at radius 1 is 0.759 bits per heavy atom. The van der Waals surface area contributed by atoms with E-state index in [1.165, 1.54) is 33.0 Å². The first-order valence-electron chi connectivity index (χ1n) is 18.1. The van der Waals surface area contributed by atoms with Crippen molar-refractivity contribution in [2.45, 2.75) is 117 Å². The Kier molecular flexibility index (Phi) is 17.9. The molecular weight excluding hydrogens is 698 g/mol. The van der Waals surface area contributed by atoms with E-state index in [-0.39, 0.29) is 37.7 Å². The molecule has 2 N–H and O–H groups in total. The van der Waals surface area contributed by atoms with E-state index in [0.29, 0.717) is 11.3 Å². The van der Waals surface area contributed by atoms with Crippen molar-refractivity contribution in [2.75, 3.05) is 26.5 Å². The molecule has 0 bridgehead atoms. The topological polar surface area (TPSA) is 170 Å². The first-order valence-corrected chi connectivity index (χ1v) is 18.1. The van der Waals surface area contributed by atoms with E-state index in [9.17, 15) is 29.1 Å². The molecule has 0 heterocycles. The summed E-state index contributed by atoms with van der Waals surface area (Å²) in [5.74, 6) is -2.41. The van der Waals surface area contributed by atoms with Crippen molar-refractivity contribution in [1.29, 1.82) is 0 Å². The van der Waals surface area contributed by atoms with Gasteiger partial charge in [0.25, 0.3) is 5.91 Å². The molecule has 0 aliphatic carbocycles. The van der Waals surface area contributed by atoms with Crippen LogP contribution in [0, 0.1) is 11.8 Å². The third kappa shape index (κ3) is 15.3. The van der Waals surface area contributed by atoms with Crippen molar-refractivity contribution >= 4 is 35.7 Å². The van der Waals surface area contributed by atoms with Crippen LogP contribution in [0.15, 0.2) is 54.6 Å². The molecule has 0 aliphatic rings. The summed E-state index contributed by atoms with van der Waals surface area (Å²) in [5.41, 5.74) is 1.000. The summed E-state index contributed by atoms with van der Waals surface area (Å²) >= 11 is 0. The van der Waals surface area contributed by atoms with Gasteiger partial charge >= 0.3 is 24.1 Å². The number of esters is 2. The van der Waals surface area contributed by atoms with Crippen molar-refractivity contribution in [3.8, 4) is 0 Å². The van der Waals surface area contributed by atoms with Crippen LogP contribution in [0.1, 0.15) is 79.4 Å². The lowest BCUT2D eigenvalue weighted by atomic mass is 10.0. The number of likely N-dealkylation sites (N-methyl/N-ethyl adjacent to an activating group) is 2. The van der Waals surface area contributed by atoms with Crippen molar-refractivity contribution < 1.29 is 52.8 Å². The van der Waals surface area contributed by atoms with Gasteiger partial charge in [0.2, 0.25) is 0 Å². The van der Waals surface area contributed by atoms with Gasteiger partial charge < -0.3 is 33.7 Å². The molecule has 300 valence electrons. The Hall–Kier alpha value is -4.69. The fraction of sp³-hybridized carbons (Fsp3) is 0.575. The highest BCUT2D eigenvalue weighted by Crippen LogP contribution is 2.22. The van der Waals surface area contributed by atoms with E-state index in [2.05, 4.69) is 10.1 Å². The van der Waals surface area contributed by atoms with E-state index in [1.54, 1.807) is 45.0 Å². The Balaban J connectivity index is 2.41. The molecule has 0 saturated heterocycles. The van der Waals surface area contributed by atoms with Gasteiger partial charge in [0.1, 0.15) is 23.8 Å². The van der Waals surface area contributed by atoms with Crippen molar-refractivity contribution in [3.05, 3.63) is 65.7 Å². The number of ether oxygens (including phenoxy) is 5. The molecule has 0 fully saturated rings. The second kappa shape index (κ2) is 21.3. The SMILES string of the molecule is COC(=O)Nc1ccc(C[C@@H](OC(=O)[C@H](CC(C)C)N(C)C(=O)OC(C)(C)C)C(=O)N(C)[C@@H](CC(C)C)C(=O)OC(C)[C@H](O)OCc2ccccc2)cc1. The highest BCUT2D eigenvalue weighted by atomic mass is 16.6. The number of anilines is 1. The minimum absolute atomic E-state index is 0.0432. The molecule has 3 amide bonds. The molecule has 0 aliphatic heterocycles.